The molecular weight excluding hydrogens is 306 g/mol. The minimum absolute atomic E-state index is 0.0820. The van der Waals surface area contributed by atoms with Crippen LogP contribution in [0, 0.1) is 0 Å². The van der Waals surface area contributed by atoms with Gasteiger partial charge in [0.15, 0.2) is 5.82 Å². The first-order valence-corrected chi connectivity index (χ1v) is 8.39. The van der Waals surface area contributed by atoms with Crippen molar-refractivity contribution in [1.82, 2.24) is 15.0 Å². The van der Waals surface area contributed by atoms with Gasteiger partial charge in [0.2, 0.25) is 11.8 Å². The predicted molar refractivity (Wildman–Crippen MR) is 88.5 cm³/mol. The summed E-state index contributed by atoms with van der Waals surface area (Å²) in [6, 6.07) is 10.0. The highest BCUT2D eigenvalue weighted by atomic mass is 16.5. The SMILES string of the molecule is C[C@H]1CN(C(=O)CCc2nc(Cc3ccccc3)no2)C[C@H](C)O1. The van der Waals surface area contributed by atoms with Crippen LogP contribution in [0.25, 0.3) is 0 Å². The molecule has 1 fully saturated rings. The van der Waals surface area contributed by atoms with Crippen molar-refractivity contribution < 1.29 is 14.1 Å². The van der Waals surface area contributed by atoms with Crippen LogP contribution in [-0.4, -0.2) is 46.2 Å². The third kappa shape index (κ3) is 4.41. The van der Waals surface area contributed by atoms with Crippen molar-refractivity contribution in [3.63, 3.8) is 0 Å². The molecule has 0 saturated carbocycles. The summed E-state index contributed by atoms with van der Waals surface area (Å²) in [5.41, 5.74) is 1.14. The number of amides is 1. The maximum atomic E-state index is 12.3. The van der Waals surface area contributed by atoms with E-state index in [9.17, 15) is 4.79 Å². The second-order valence-electron chi connectivity index (χ2n) is 6.32. The van der Waals surface area contributed by atoms with Gasteiger partial charge in [-0.2, -0.15) is 4.98 Å². The van der Waals surface area contributed by atoms with Gasteiger partial charge in [-0.25, -0.2) is 0 Å². The number of hydrogen-bond acceptors (Lipinski definition) is 5. The van der Waals surface area contributed by atoms with Crippen molar-refractivity contribution in [1.29, 1.82) is 0 Å². The Kier molecular flexibility index (Phi) is 5.25. The first kappa shape index (κ1) is 16.6. The Morgan fingerprint density at radius 2 is 1.92 bits per heavy atom. The molecule has 0 radical (unpaired) electrons. The summed E-state index contributed by atoms with van der Waals surface area (Å²) in [4.78, 5) is 18.6. The first-order valence-electron chi connectivity index (χ1n) is 8.39. The van der Waals surface area contributed by atoms with Crippen LogP contribution in [0.4, 0.5) is 0 Å². The smallest absolute Gasteiger partial charge is 0.227 e. The third-order valence-corrected chi connectivity index (χ3v) is 4.04. The Balaban J connectivity index is 1.51. The lowest BCUT2D eigenvalue weighted by Crippen LogP contribution is -2.48. The van der Waals surface area contributed by atoms with Gasteiger partial charge in [0, 0.05) is 32.4 Å². The topological polar surface area (TPSA) is 68.5 Å². The number of morpholine rings is 1. The number of carbonyl (C=O) groups is 1. The monoisotopic (exact) mass is 329 g/mol. The molecule has 3 rings (SSSR count). The zero-order valence-electron chi connectivity index (χ0n) is 14.1. The van der Waals surface area contributed by atoms with Crippen LogP contribution < -0.4 is 0 Å². The minimum Gasteiger partial charge on any atom is -0.372 e. The molecule has 1 aromatic heterocycles. The summed E-state index contributed by atoms with van der Waals surface area (Å²) < 4.78 is 10.9. The van der Waals surface area contributed by atoms with E-state index in [4.69, 9.17) is 9.26 Å². The van der Waals surface area contributed by atoms with Crippen LogP contribution in [0.15, 0.2) is 34.9 Å². The Hall–Kier alpha value is -2.21. The zero-order chi connectivity index (χ0) is 16.9. The highest BCUT2D eigenvalue weighted by Crippen LogP contribution is 2.13. The van der Waals surface area contributed by atoms with Crippen molar-refractivity contribution in [2.24, 2.45) is 0 Å². The fourth-order valence-electron chi connectivity index (χ4n) is 3.00. The van der Waals surface area contributed by atoms with E-state index in [1.807, 2.05) is 49.1 Å². The summed E-state index contributed by atoms with van der Waals surface area (Å²) in [7, 11) is 0. The van der Waals surface area contributed by atoms with Crippen LogP contribution in [-0.2, 0) is 22.4 Å². The van der Waals surface area contributed by atoms with E-state index < -0.39 is 0 Å². The standard InChI is InChI=1S/C18H23N3O3/c1-13-11-21(12-14(2)23-13)18(22)9-8-17-19-16(20-24-17)10-15-6-4-3-5-7-15/h3-7,13-14H,8-12H2,1-2H3/t13-,14-/m0/s1. The van der Waals surface area contributed by atoms with Crippen molar-refractivity contribution in [3.05, 3.63) is 47.6 Å². The molecule has 6 heteroatoms. The van der Waals surface area contributed by atoms with Crippen molar-refractivity contribution in [2.75, 3.05) is 13.1 Å². The van der Waals surface area contributed by atoms with Crippen LogP contribution in [0.3, 0.4) is 0 Å². The van der Waals surface area contributed by atoms with Crippen LogP contribution >= 0.6 is 0 Å². The largest absolute Gasteiger partial charge is 0.372 e. The fraction of sp³-hybridized carbons (Fsp3) is 0.500. The highest BCUT2D eigenvalue weighted by Gasteiger charge is 2.25. The van der Waals surface area contributed by atoms with Crippen LogP contribution in [0.2, 0.25) is 0 Å². The van der Waals surface area contributed by atoms with E-state index >= 15 is 0 Å². The number of ether oxygens (including phenoxy) is 1. The Bertz CT molecular complexity index is 661. The van der Waals surface area contributed by atoms with Crippen LogP contribution in [0.1, 0.15) is 37.5 Å². The number of rotatable bonds is 5. The molecule has 1 aliphatic rings. The van der Waals surface area contributed by atoms with E-state index in [0.29, 0.717) is 44.1 Å². The maximum Gasteiger partial charge on any atom is 0.227 e. The molecule has 0 unspecified atom stereocenters. The summed E-state index contributed by atoms with van der Waals surface area (Å²) in [5.74, 6) is 1.28. The molecular formula is C18H23N3O3. The van der Waals surface area contributed by atoms with Gasteiger partial charge in [0.25, 0.3) is 0 Å². The molecule has 0 spiro atoms. The van der Waals surface area contributed by atoms with Gasteiger partial charge < -0.3 is 14.2 Å². The number of benzene rings is 1. The second kappa shape index (κ2) is 7.57. The lowest BCUT2D eigenvalue weighted by molar-refractivity contribution is -0.143. The lowest BCUT2D eigenvalue weighted by Gasteiger charge is -2.35. The molecule has 0 bridgehead atoms. The number of aryl methyl sites for hydroxylation is 1. The fourth-order valence-corrected chi connectivity index (χ4v) is 3.00. The number of nitrogens with zero attached hydrogens (tertiary/aromatic N) is 3. The number of aromatic nitrogens is 2. The second-order valence-corrected chi connectivity index (χ2v) is 6.32. The highest BCUT2D eigenvalue weighted by molar-refractivity contribution is 5.76. The molecule has 0 aliphatic carbocycles. The summed E-state index contributed by atoms with van der Waals surface area (Å²) in [6.07, 6.45) is 1.65. The molecule has 128 valence electrons. The van der Waals surface area contributed by atoms with Gasteiger partial charge in [-0.05, 0) is 19.4 Å². The average Bonchev–Trinajstić information content (AvgIpc) is 3.00. The summed E-state index contributed by atoms with van der Waals surface area (Å²) >= 11 is 0. The molecule has 2 atom stereocenters. The van der Waals surface area contributed by atoms with Gasteiger partial charge in [0.05, 0.1) is 12.2 Å². The molecule has 24 heavy (non-hydrogen) atoms. The van der Waals surface area contributed by atoms with E-state index in [2.05, 4.69) is 10.1 Å². The van der Waals surface area contributed by atoms with E-state index in [1.54, 1.807) is 0 Å². The van der Waals surface area contributed by atoms with E-state index in [0.717, 1.165) is 5.56 Å². The van der Waals surface area contributed by atoms with E-state index in [1.165, 1.54) is 0 Å². The first-order chi connectivity index (χ1) is 11.6. The van der Waals surface area contributed by atoms with Gasteiger partial charge in [-0.1, -0.05) is 35.5 Å². The maximum absolute atomic E-state index is 12.3. The van der Waals surface area contributed by atoms with Crippen molar-refractivity contribution in [3.8, 4) is 0 Å². The molecule has 1 aliphatic heterocycles. The Labute approximate surface area is 141 Å². The molecule has 0 N–H and O–H groups in total. The zero-order valence-corrected chi connectivity index (χ0v) is 14.1. The predicted octanol–water partition coefficient (Wildman–Crippen LogP) is 2.23. The van der Waals surface area contributed by atoms with Gasteiger partial charge >= 0.3 is 0 Å². The Morgan fingerprint density at radius 1 is 1.21 bits per heavy atom. The molecule has 1 saturated heterocycles. The van der Waals surface area contributed by atoms with Gasteiger partial charge in [-0.15, -0.1) is 0 Å². The molecule has 2 heterocycles. The third-order valence-electron chi connectivity index (χ3n) is 4.04. The summed E-state index contributed by atoms with van der Waals surface area (Å²) in [5, 5.41) is 4.00. The van der Waals surface area contributed by atoms with Crippen LogP contribution in [0.5, 0.6) is 0 Å². The van der Waals surface area contributed by atoms with Crippen molar-refractivity contribution in [2.45, 2.75) is 45.3 Å². The van der Waals surface area contributed by atoms with Crippen molar-refractivity contribution >= 4 is 5.91 Å². The van der Waals surface area contributed by atoms with Gasteiger partial charge in [0.1, 0.15) is 0 Å². The van der Waals surface area contributed by atoms with Gasteiger partial charge in [-0.3, -0.25) is 4.79 Å². The average molecular weight is 329 g/mol. The normalized spacial score (nSPS) is 21.0. The Morgan fingerprint density at radius 3 is 2.62 bits per heavy atom. The number of carbonyl (C=O) groups excluding carboxylic acids is 1. The molecule has 6 nitrogen and oxygen atoms in total. The summed E-state index contributed by atoms with van der Waals surface area (Å²) in [6.45, 7) is 5.27. The lowest BCUT2D eigenvalue weighted by atomic mass is 10.1. The number of hydrogen-bond donors (Lipinski definition) is 0. The molecule has 2 aromatic rings. The minimum atomic E-state index is 0.0820. The molecule has 1 aromatic carbocycles. The quantitative estimate of drug-likeness (QED) is 0.841. The van der Waals surface area contributed by atoms with E-state index in [-0.39, 0.29) is 18.1 Å². The molecule has 1 amide bonds.